The van der Waals surface area contributed by atoms with Gasteiger partial charge in [-0.05, 0) is 29.3 Å². The van der Waals surface area contributed by atoms with Crippen molar-refractivity contribution in [3.8, 4) is 0 Å². The van der Waals surface area contributed by atoms with Crippen molar-refractivity contribution in [3.63, 3.8) is 0 Å². The van der Waals surface area contributed by atoms with Crippen LogP contribution in [0.2, 0.25) is 0 Å². The number of rotatable bonds is 1. The van der Waals surface area contributed by atoms with E-state index in [0.717, 1.165) is 23.3 Å². The van der Waals surface area contributed by atoms with Crippen LogP contribution in [0.3, 0.4) is 0 Å². The van der Waals surface area contributed by atoms with E-state index in [1.165, 1.54) is 11.5 Å². The molecular weight excluding hydrogens is 478 g/mol. The second-order valence-corrected chi connectivity index (χ2v) is 5.78. The summed E-state index contributed by atoms with van der Waals surface area (Å²) in [6.45, 7) is 7.86. The van der Waals surface area contributed by atoms with Crippen LogP contribution in [0.5, 0.6) is 0 Å². The van der Waals surface area contributed by atoms with E-state index in [0.29, 0.717) is 6.42 Å². The summed E-state index contributed by atoms with van der Waals surface area (Å²) < 4.78 is 0. The topological polar surface area (TPSA) is 17.1 Å². The Labute approximate surface area is 145 Å². The Morgan fingerprint density at radius 2 is 1.74 bits per heavy atom. The van der Waals surface area contributed by atoms with E-state index in [4.69, 9.17) is 4.79 Å². The summed E-state index contributed by atoms with van der Waals surface area (Å²) in [5, 5.41) is 0. The van der Waals surface area contributed by atoms with Crippen molar-refractivity contribution >= 4 is 18.0 Å². The number of fused-ring (bicyclic) bond motifs is 1. The zero-order chi connectivity index (χ0) is 13.4. The van der Waals surface area contributed by atoms with Crippen molar-refractivity contribution in [1.29, 1.82) is 0 Å². The summed E-state index contributed by atoms with van der Waals surface area (Å²) >= 11 is 2.14. The third-order valence-corrected chi connectivity index (χ3v) is 4.61. The molecule has 0 bridgehead atoms. The largest absolute Gasteiger partial charge is 2.00 e. The molecule has 0 amide bonds. The van der Waals surface area contributed by atoms with Gasteiger partial charge >= 0.3 is 31.1 Å². The minimum Gasteiger partial charge on any atom is -0.542 e. The fourth-order valence-corrected chi connectivity index (χ4v) is 3.79. The fourth-order valence-electron chi connectivity index (χ4n) is 2.01. The van der Waals surface area contributed by atoms with Crippen molar-refractivity contribution in [2.75, 3.05) is 11.5 Å². The first-order chi connectivity index (χ1) is 8.70. The molecule has 0 spiro atoms. The molecule has 2 aliphatic rings. The summed E-state index contributed by atoms with van der Waals surface area (Å²) in [6, 6.07) is 9.87. The molecule has 1 aliphatic carbocycles. The average Bonchev–Trinajstić information content (AvgIpc) is 2.84. The van der Waals surface area contributed by atoms with Crippen LogP contribution >= 0.6 is 11.8 Å². The van der Waals surface area contributed by atoms with Crippen LogP contribution in [0.25, 0.3) is 0 Å². The van der Waals surface area contributed by atoms with Crippen molar-refractivity contribution in [1.82, 2.24) is 0 Å². The Kier molecular flexibility index (Phi) is 11.0. The van der Waals surface area contributed by atoms with E-state index in [1.807, 2.05) is 30.3 Å². The van der Waals surface area contributed by atoms with Gasteiger partial charge in [-0.2, -0.15) is 42.8 Å². The Bertz CT molecular complexity index is 332. The first kappa shape index (κ1) is 19.2. The minimum atomic E-state index is 0. The predicted molar refractivity (Wildman–Crippen MR) is 80.4 cm³/mol. The molecule has 2 fully saturated rings. The molecular formula is C16H22OSU. The zero-order valence-corrected chi connectivity index (χ0v) is 16.7. The Morgan fingerprint density at radius 3 is 1.95 bits per heavy atom. The van der Waals surface area contributed by atoms with Gasteiger partial charge in [-0.25, -0.2) is 0 Å². The molecule has 2 unspecified atom stereocenters. The van der Waals surface area contributed by atoms with Crippen LogP contribution in [0, 0.1) is 55.8 Å². The van der Waals surface area contributed by atoms with Gasteiger partial charge in [0.2, 0.25) is 0 Å². The molecule has 2 atom stereocenters. The number of benzene rings is 1. The van der Waals surface area contributed by atoms with Gasteiger partial charge in [0.05, 0.1) is 0 Å². The third kappa shape index (κ3) is 7.49. The molecule has 1 heterocycles. The van der Waals surface area contributed by atoms with Gasteiger partial charge in [-0.1, -0.05) is 19.9 Å². The van der Waals surface area contributed by atoms with Crippen LogP contribution in [0.4, 0.5) is 0 Å². The first-order valence-corrected chi connectivity index (χ1v) is 7.65. The van der Waals surface area contributed by atoms with Crippen LogP contribution in [-0.4, -0.2) is 17.8 Å². The van der Waals surface area contributed by atoms with Crippen LogP contribution < -0.4 is 0 Å². The van der Waals surface area contributed by atoms with Gasteiger partial charge in [0.15, 0.2) is 0 Å². The van der Waals surface area contributed by atoms with Gasteiger partial charge in [0.25, 0.3) is 0 Å². The molecule has 3 heteroatoms. The monoisotopic (exact) mass is 500 g/mol. The number of hydrogen-bond donors (Lipinski definition) is 0. The minimum absolute atomic E-state index is 0. The van der Waals surface area contributed by atoms with Crippen molar-refractivity contribution < 1.29 is 35.9 Å². The van der Waals surface area contributed by atoms with Gasteiger partial charge in [-0.3, -0.25) is 6.29 Å². The first-order valence-electron chi connectivity index (χ1n) is 6.50. The molecule has 102 valence electrons. The van der Waals surface area contributed by atoms with Crippen LogP contribution in [-0.2, 0) is 4.79 Å². The smallest absolute Gasteiger partial charge is 0.542 e. The van der Waals surface area contributed by atoms with E-state index in [2.05, 4.69) is 25.6 Å². The number of hydrogen-bond acceptors (Lipinski definition) is 2. The number of carbonyl (C=O) groups excluding carboxylic acids is 1. The molecule has 0 radical (unpaired) electrons. The van der Waals surface area contributed by atoms with Crippen LogP contribution in [0.1, 0.15) is 25.8 Å². The second kappa shape index (κ2) is 10.9. The molecule has 1 saturated heterocycles. The summed E-state index contributed by atoms with van der Waals surface area (Å²) in [4.78, 5) is 9.05. The molecule has 1 saturated carbocycles. The molecule has 0 aromatic heterocycles. The van der Waals surface area contributed by atoms with E-state index in [-0.39, 0.29) is 31.1 Å². The molecule has 1 nitrogen and oxygen atoms in total. The standard InChI is InChI=1S/C7H7.C6H10S.C3H5O.U/c1-7-5-3-2-4-6-7;1-4-5-2-7-3-6(4)5;1-2-3-4;/h2-6H,1H2;4-6H,2-3H2,1H3;2H2,1H3;/q-1;;-1;+2. The van der Waals surface area contributed by atoms with Gasteiger partial charge in [0, 0.05) is 0 Å². The maximum absolute atomic E-state index is 9.05. The molecule has 1 aliphatic heterocycles. The molecule has 1 aromatic carbocycles. The fraction of sp³-hybridized carbons (Fsp3) is 0.500. The molecule has 1 aromatic rings. The molecule has 19 heavy (non-hydrogen) atoms. The Hall–Kier alpha value is 0.162. The van der Waals surface area contributed by atoms with Gasteiger partial charge in [0.1, 0.15) is 0 Å². The maximum atomic E-state index is 9.05. The third-order valence-electron chi connectivity index (χ3n) is 3.37. The Morgan fingerprint density at radius 1 is 1.26 bits per heavy atom. The van der Waals surface area contributed by atoms with E-state index in [1.54, 1.807) is 13.2 Å². The van der Waals surface area contributed by atoms with Crippen LogP contribution in [0.15, 0.2) is 30.3 Å². The predicted octanol–water partition coefficient (Wildman–Crippen LogP) is 3.99. The van der Waals surface area contributed by atoms with E-state index in [9.17, 15) is 0 Å². The summed E-state index contributed by atoms with van der Waals surface area (Å²) in [5.74, 6) is 6.31. The van der Waals surface area contributed by atoms with Crippen molar-refractivity contribution in [3.05, 3.63) is 42.8 Å². The zero-order valence-electron chi connectivity index (χ0n) is 11.8. The normalized spacial score (nSPS) is 25.5. The van der Waals surface area contributed by atoms with Crippen molar-refractivity contribution in [2.45, 2.75) is 20.3 Å². The number of thioether (sulfide) groups is 1. The van der Waals surface area contributed by atoms with Gasteiger partial charge < -0.3 is 4.79 Å². The quantitative estimate of drug-likeness (QED) is 0.543. The molecule has 3 rings (SSSR count). The molecule has 0 N–H and O–H groups in total. The van der Waals surface area contributed by atoms with Gasteiger partial charge in [-0.15, -0.1) is 12.1 Å². The maximum Gasteiger partial charge on any atom is 2.00 e. The SMILES string of the molecule is CC1C2CSCC12.CC[C-]=O.[CH2-]c1ccccc1.[U+2]. The average molecular weight is 500 g/mol. The summed E-state index contributed by atoms with van der Waals surface area (Å²) in [6.07, 6.45) is 2.19. The van der Waals surface area contributed by atoms with E-state index >= 15 is 0 Å². The summed E-state index contributed by atoms with van der Waals surface area (Å²) in [7, 11) is 0. The summed E-state index contributed by atoms with van der Waals surface area (Å²) in [5.41, 5.74) is 1.07. The Balaban J connectivity index is 0.000000261. The second-order valence-electron chi connectivity index (χ2n) is 4.71. The van der Waals surface area contributed by atoms with E-state index < -0.39 is 0 Å². The van der Waals surface area contributed by atoms with Crippen molar-refractivity contribution in [2.24, 2.45) is 17.8 Å².